The van der Waals surface area contributed by atoms with Gasteiger partial charge in [0.25, 0.3) is 0 Å². The third-order valence-electron chi connectivity index (χ3n) is 2.40. The van der Waals surface area contributed by atoms with Gasteiger partial charge in [-0.25, -0.2) is 0 Å². The summed E-state index contributed by atoms with van der Waals surface area (Å²) in [5.74, 6) is 2.09. The van der Waals surface area contributed by atoms with Crippen molar-refractivity contribution in [2.45, 2.75) is 6.92 Å². The fourth-order valence-electron chi connectivity index (χ4n) is 1.55. The second-order valence-corrected chi connectivity index (χ2v) is 3.65. The molecule has 0 spiro atoms. The van der Waals surface area contributed by atoms with Crippen molar-refractivity contribution >= 4 is 5.84 Å². The van der Waals surface area contributed by atoms with E-state index in [-0.39, 0.29) is 0 Å². The highest BCUT2D eigenvalue weighted by Crippen LogP contribution is 2.22. The first-order valence-electron chi connectivity index (χ1n) is 5.24. The van der Waals surface area contributed by atoms with Crippen LogP contribution in [-0.4, -0.2) is 12.9 Å². The lowest BCUT2D eigenvalue weighted by molar-refractivity contribution is 0.213. The maximum absolute atomic E-state index is 5.70. The summed E-state index contributed by atoms with van der Waals surface area (Å²) >= 11 is 0. The number of oxime groups is 1. The van der Waals surface area contributed by atoms with Crippen molar-refractivity contribution in [3.8, 4) is 11.3 Å². The van der Waals surface area contributed by atoms with E-state index in [1.54, 1.807) is 0 Å². The molecule has 0 aliphatic carbocycles. The quantitative estimate of drug-likeness (QED) is 0.500. The number of rotatable bonds is 3. The number of aryl methyl sites for hydroxylation is 1. The molecule has 0 aliphatic heterocycles. The van der Waals surface area contributed by atoms with Crippen LogP contribution in [0.3, 0.4) is 0 Å². The number of hydrogen-bond donors (Lipinski definition) is 1. The third-order valence-corrected chi connectivity index (χ3v) is 2.40. The Morgan fingerprint density at radius 1 is 1.18 bits per heavy atom. The van der Waals surface area contributed by atoms with Gasteiger partial charge in [0.2, 0.25) is 0 Å². The lowest BCUT2D eigenvalue weighted by Crippen LogP contribution is -2.13. The molecule has 4 nitrogen and oxygen atoms in total. The van der Waals surface area contributed by atoms with Crippen LogP contribution < -0.4 is 5.73 Å². The van der Waals surface area contributed by atoms with E-state index in [4.69, 9.17) is 10.2 Å². The Bertz CT molecular complexity index is 527. The van der Waals surface area contributed by atoms with Crippen molar-refractivity contribution in [2.24, 2.45) is 10.9 Å². The highest BCUT2D eigenvalue weighted by Gasteiger charge is 2.04. The van der Waals surface area contributed by atoms with Gasteiger partial charge in [-0.05, 0) is 19.1 Å². The van der Waals surface area contributed by atoms with Crippen LogP contribution in [0, 0.1) is 6.92 Å². The van der Waals surface area contributed by atoms with Gasteiger partial charge in [-0.1, -0.05) is 29.4 Å². The normalized spacial score (nSPS) is 11.5. The van der Waals surface area contributed by atoms with E-state index in [0.29, 0.717) is 5.84 Å². The number of hydrogen-bond acceptors (Lipinski definition) is 3. The number of amidine groups is 1. The van der Waals surface area contributed by atoms with Crippen LogP contribution in [0.2, 0.25) is 0 Å². The Hall–Kier alpha value is -2.23. The molecule has 0 radical (unpaired) electrons. The zero-order valence-corrected chi connectivity index (χ0v) is 9.81. The van der Waals surface area contributed by atoms with Crippen LogP contribution in [-0.2, 0) is 4.84 Å². The van der Waals surface area contributed by atoms with E-state index >= 15 is 0 Å². The number of benzene rings is 1. The fourth-order valence-corrected chi connectivity index (χ4v) is 1.55. The first-order chi connectivity index (χ1) is 8.20. The molecule has 1 heterocycles. The summed E-state index contributed by atoms with van der Waals surface area (Å²) in [6.07, 6.45) is 0. The van der Waals surface area contributed by atoms with Crippen molar-refractivity contribution in [3.63, 3.8) is 0 Å². The minimum absolute atomic E-state index is 0.356. The highest BCUT2D eigenvalue weighted by atomic mass is 16.6. The van der Waals surface area contributed by atoms with Gasteiger partial charge < -0.3 is 15.0 Å². The average molecular weight is 230 g/mol. The van der Waals surface area contributed by atoms with Crippen molar-refractivity contribution in [1.29, 1.82) is 0 Å². The number of nitrogens with two attached hydrogens (primary N) is 1. The Balaban J connectivity index is 2.27. The van der Waals surface area contributed by atoms with Crippen LogP contribution in [0.5, 0.6) is 0 Å². The fraction of sp³-hybridized carbons (Fsp3) is 0.154. The maximum Gasteiger partial charge on any atom is 0.170 e. The minimum Gasteiger partial charge on any atom is -0.461 e. The van der Waals surface area contributed by atoms with Crippen molar-refractivity contribution in [3.05, 3.63) is 47.7 Å². The third kappa shape index (κ3) is 2.47. The molecule has 0 aliphatic rings. The molecular weight excluding hydrogens is 216 g/mol. The highest BCUT2D eigenvalue weighted by molar-refractivity contribution is 5.97. The smallest absolute Gasteiger partial charge is 0.170 e. The summed E-state index contributed by atoms with van der Waals surface area (Å²) < 4.78 is 5.53. The molecule has 0 atom stereocenters. The zero-order valence-electron chi connectivity index (χ0n) is 9.81. The van der Waals surface area contributed by atoms with Gasteiger partial charge in [-0.2, -0.15) is 0 Å². The predicted molar refractivity (Wildman–Crippen MR) is 66.6 cm³/mol. The van der Waals surface area contributed by atoms with Gasteiger partial charge in [0.1, 0.15) is 18.6 Å². The van der Waals surface area contributed by atoms with Gasteiger partial charge >= 0.3 is 0 Å². The molecule has 4 heteroatoms. The van der Waals surface area contributed by atoms with Crippen LogP contribution in [0.1, 0.15) is 11.3 Å². The van der Waals surface area contributed by atoms with E-state index in [0.717, 1.165) is 22.6 Å². The van der Waals surface area contributed by atoms with Gasteiger partial charge in [-0.15, -0.1) is 0 Å². The van der Waals surface area contributed by atoms with Crippen molar-refractivity contribution < 1.29 is 9.25 Å². The summed E-state index contributed by atoms with van der Waals surface area (Å²) in [6.45, 7) is 1.92. The van der Waals surface area contributed by atoms with Crippen LogP contribution in [0.15, 0.2) is 46.0 Å². The minimum atomic E-state index is 0.356. The van der Waals surface area contributed by atoms with E-state index in [9.17, 15) is 0 Å². The molecule has 0 saturated carbocycles. The molecule has 0 bridgehead atoms. The largest absolute Gasteiger partial charge is 0.461 e. The summed E-state index contributed by atoms with van der Waals surface area (Å²) in [5.41, 5.74) is 7.52. The van der Waals surface area contributed by atoms with Crippen molar-refractivity contribution in [1.82, 2.24) is 0 Å². The lowest BCUT2D eigenvalue weighted by atomic mass is 10.1. The standard InChI is InChI=1S/C13H14N2O2/c1-9-3-8-12(17-9)10-4-6-11(7-5-10)13(14)15-16-2/h3-8H,1-2H3,(H2,14,15). The SMILES string of the molecule is CO/N=C(\N)c1ccc(-c2ccc(C)o2)cc1. The van der Waals surface area contributed by atoms with E-state index in [1.165, 1.54) is 7.11 Å². The lowest BCUT2D eigenvalue weighted by Gasteiger charge is -2.01. The molecule has 1 aromatic carbocycles. The average Bonchev–Trinajstić information content (AvgIpc) is 2.76. The maximum atomic E-state index is 5.70. The van der Waals surface area contributed by atoms with E-state index in [1.807, 2.05) is 43.3 Å². The molecule has 17 heavy (non-hydrogen) atoms. The summed E-state index contributed by atoms with van der Waals surface area (Å²) in [7, 11) is 1.47. The van der Waals surface area contributed by atoms with Gasteiger partial charge in [0.15, 0.2) is 5.84 Å². The molecule has 0 amide bonds. The second kappa shape index (κ2) is 4.74. The second-order valence-electron chi connectivity index (χ2n) is 3.65. The van der Waals surface area contributed by atoms with E-state index in [2.05, 4.69) is 9.99 Å². The van der Waals surface area contributed by atoms with E-state index < -0.39 is 0 Å². The molecule has 2 aromatic rings. The van der Waals surface area contributed by atoms with Crippen LogP contribution in [0.25, 0.3) is 11.3 Å². The molecule has 0 unspecified atom stereocenters. The summed E-state index contributed by atoms with van der Waals surface area (Å²) in [4.78, 5) is 4.62. The Morgan fingerprint density at radius 2 is 1.88 bits per heavy atom. The molecule has 0 saturated heterocycles. The van der Waals surface area contributed by atoms with Crippen LogP contribution in [0.4, 0.5) is 0 Å². The molecule has 2 N–H and O–H groups in total. The Kier molecular flexibility index (Phi) is 3.14. The molecule has 2 rings (SSSR count). The first-order valence-corrected chi connectivity index (χ1v) is 5.24. The van der Waals surface area contributed by atoms with Crippen molar-refractivity contribution in [2.75, 3.05) is 7.11 Å². The van der Waals surface area contributed by atoms with Gasteiger partial charge in [0, 0.05) is 11.1 Å². The summed E-state index contributed by atoms with van der Waals surface area (Å²) in [5, 5.41) is 3.67. The topological polar surface area (TPSA) is 60.8 Å². The molecule has 1 aromatic heterocycles. The Labute approximate surface area is 99.7 Å². The molecular formula is C13H14N2O2. The van der Waals surface area contributed by atoms with Crippen LogP contribution >= 0.6 is 0 Å². The molecule has 0 fully saturated rings. The Morgan fingerprint density at radius 3 is 2.41 bits per heavy atom. The number of furan rings is 1. The van der Waals surface area contributed by atoms with Gasteiger partial charge in [0.05, 0.1) is 0 Å². The zero-order chi connectivity index (χ0) is 12.3. The van der Waals surface area contributed by atoms with Gasteiger partial charge in [-0.3, -0.25) is 0 Å². The number of nitrogens with zero attached hydrogens (tertiary/aromatic N) is 1. The molecule has 88 valence electrons. The first kappa shape index (κ1) is 11.3. The predicted octanol–water partition coefficient (Wildman–Crippen LogP) is 2.52. The monoisotopic (exact) mass is 230 g/mol. The summed E-state index contributed by atoms with van der Waals surface area (Å²) in [6, 6.07) is 11.5.